The smallest absolute Gasteiger partial charge is 0.228 e. The lowest BCUT2D eigenvalue weighted by Crippen LogP contribution is -2.37. The molecule has 0 spiro atoms. The lowest BCUT2D eigenvalue weighted by molar-refractivity contribution is -0.119. The number of fused-ring (bicyclic) bond motifs is 1. The summed E-state index contributed by atoms with van der Waals surface area (Å²) in [6.07, 6.45) is 6.77. The van der Waals surface area contributed by atoms with Crippen LogP contribution in [0.15, 0.2) is 48.8 Å². The summed E-state index contributed by atoms with van der Waals surface area (Å²) in [5.74, 6) is 1.53. The Labute approximate surface area is 193 Å². The Hall–Kier alpha value is -3.19. The monoisotopic (exact) mass is 445 g/mol. The molecule has 0 aliphatic carbocycles. The lowest BCUT2D eigenvalue weighted by Gasteiger charge is -2.33. The molecule has 0 unspecified atom stereocenters. The van der Waals surface area contributed by atoms with E-state index in [9.17, 15) is 9.18 Å². The number of carbonyl (C=O) groups excluding carboxylic acids is 1. The van der Waals surface area contributed by atoms with E-state index in [-0.39, 0.29) is 17.6 Å². The third kappa shape index (κ3) is 4.78. The number of amides is 1. The first-order valence-corrected chi connectivity index (χ1v) is 11.6. The highest BCUT2D eigenvalue weighted by atomic mass is 19.1. The van der Waals surface area contributed by atoms with Crippen molar-refractivity contribution >= 4 is 11.7 Å². The zero-order chi connectivity index (χ0) is 22.8. The number of hydrogen-bond acceptors (Lipinski definition) is 5. The van der Waals surface area contributed by atoms with Crippen LogP contribution >= 0.6 is 0 Å². The standard InChI is InChI=1S/C26H28FN5O/c1-18-23-7-8-24(33)32(17-19-4-2-6-22(27)14-19)26(23)30-25(29-18)21-9-12-31(13-10-21)16-20-5-3-11-28-15-20/h2-6,11,14-15,21H,7-10,12-13,16-17H2,1H3. The first kappa shape index (κ1) is 21.6. The number of pyridine rings is 1. The van der Waals surface area contributed by atoms with E-state index >= 15 is 0 Å². The molecule has 5 rings (SSSR count). The van der Waals surface area contributed by atoms with Gasteiger partial charge in [0.25, 0.3) is 0 Å². The Morgan fingerprint density at radius 1 is 1.03 bits per heavy atom. The third-order valence-electron chi connectivity index (χ3n) is 6.67. The van der Waals surface area contributed by atoms with E-state index in [1.165, 1.54) is 17.7 Å². The lowest BCUT2D eigenvalue weighted by atomic mass is 9.94. The number of halogens is 1. The van der Waals surface area contributed by atoms with Crippen molar-refractivity contribution in [2.75, 3.05) is 18.0 Å². The summed E-state index contributed by atoms with van der Waals surface area (Å²) < 4.78 is 13.7. The highest BCUT2D eigenvalue weighted by Crippen LogP contribution is 2.33. The maximum atomic E-state index is 13.7. The molecule has 0 bridgehead atoms. The van der Waals surface area contributed by atoms with Crippen molar-refractivity contribution in [3.8, 4) is 0 Å². The quantitative estimate of drug-likeness (QED) is 0.590. The summed E-state index contributed by atoms with van der Waals surface area (Å²) in [7, 11) is 0. The highest BCUT2D eigenvalue weighted by molar-refractivity contribution is 5.95. The van der Waals surface area contributed by atoms with Crippen molar-refractivity contribution in [2.45, 2.75) is 51.6 Å². The molecule has 6 nitrogen and oxygen atoms in total. The molecule has 7 heteroatoms. The van der Waals surface area contributed by atoms with Gasteiger partial charge in [0.2, 0.25) is 5.91 Å². The largest absolute Gasteiger partial charge is 0.299 e. The Morgan fingerprint density at radius 2 is 1.85 bits per heavy atom. The highest BCUT2D eigenvalue weighted by Gasteiger charge is 2.30. The summed E-state index contributed by atoms with van der Waals surface area (Å²) in [5, 5.41) is 0. The molecule has 0 radical (unpaired) electrons. The number of aryl methyl sites for hydroxylation is 1. The number of benzene rings is 1. The van der Waals surface area contributed by atoms with Crippen LogP contribution in [0.4, 0.5) is 10.2 Å². The fraction of sp³-hybridized carbons (Fsp3) is 0.385. The molecule has 3 aromatic rings. The molecule has 1 amide bonds. The molecular formula is C26H28FN5O. The second kappa shape index (κ2) is 9.35. The Morgan fingerprint density at radius 3 is 2.61 bits per heavy atom. The Bertz CT molecular complexity index is 1140. The topological polar surface area (TPSA) is 62.2 Å². The van der Waals surface area contributed by atoms with Gasteiger partial charge in [-0.3, -0.25) is 19.6 Å². The minimum Gasteiger partial charge on any atom is -0.299 e. The van der Waals surface area contributed by atoms with Crippen LogP contribution in [0.2, 0.25) is 0 Å². The van der Waals surface area contributed by atoms with Crippen LogP contribution in [0.3, 0.4) is 0 Å². The average Bonchev–Trinajstić information content (AvgIpc) is 2.82. The summed E-state index contributed by atoms with van der Waals surface area (Å²) >= 11 is 0. The molecule has 1 aromatic carbocycles. The number of nitrogens with zero attached hydrogens (tertiary/aromatic N) is 5. The van der Waals surface area contributed by atoms with Crippen LogP contribution < -0.4 is 4.90 Å². The van der Waals surface area contributed by atoms with Crippen LogP contribution in [-0.2, 0) is 24.3 Å². The SMILES string of the molecule is Cc1nc(C2CCN(Cc3cccnc3)CC2)nc2c1CCC(=O)N2Cc1cccc(F)c1. The third-order valence-corrected chi connectivity index (χ3v) is 6.67. The van der Waals surface area contributed by atoms with Crippen LogP contribution in [-0.4, -0.2) is 38.8 Å². The minimum atomic E-state index is -0.296. The van der Waals surface area contributed by atoms with Crippen molar-refractivity contribution < 1.29 is 9.18 Å². The molecule has 170 valence electrons. The van der Waals surface area contributed by atoms with Crippen molar-refractivity contribution in [1.82, 2.24) is 19.9 Å². The van der Waals surface area contributed by atoms with E-state index in [1.807, 2.05) is 25.3 Å². The molecule has 2 aliphatic rings. The average molecular weight is 446 g/mol. The molecule has 33 heavy (non-hydrogen) atoms. The molecule has 0 atom stereocenters. The predicted octanol–water partition coefficient (Wildman–Crippen LogP) is 4.18. The van der Waals surface area contributed by atoms with Gasteiger partial charge in [-0.05, 0) is 68.6 Å². The number of piperidine rings is 1. The van der Waals surface area contributed by atoms with Gasteiger partial charge < -0.3 is 0 Å². The molecule has 1 fully saturated rings. The van der Waals surface area contributed by atoms with Crippen molar-refractivity contribution in [3.63, 3.8) is 0 Å². The van der Waals surface area contributed by atoms with Gasteiger partial charge in [0.1, 0.15) is 17.5 Å². The van der Waals surface area contributed by atoms with Crippen molar-refractivity contribution in [1.29, 1.82) is 0 Å². The minimum absolute atomic E-state index is 0.0297. The molecular weight excluding hydrogens is 417 g/mol. The fourth-order valence-corrected chi connectivity index (χ4v) is 4.87. The summed E-state index contributed by atoms with van der Waals surface area (Å²) in [6, 6.07) is 10.5. The maximum absolute atomic E-state index is 13.7. The normalized spacial score (nSPS) is 17.3. The number of hydrogen-bond donors (Lipinski definition) is 0. The Kier molecular flexibility index (Phi) is 6.13. The van der Waals surface area contributed by atoms with Gasteiger partial charge >= 0.3 is 0 Å². The van der Waals surface area contributed by atoms with Gasteiger partial charge in [0, 0.05) is 42.5 Å². The number of likely N-dealkylation sites (tertiary alicyclic amines) is 1. The molecule has 2 aliphatic heterocycles. The second-order valence-electron chi connectivity index (χ2n) is 8.99. The number of aromatic nitrogens is 3. The van der Waals surface area contributed by atoms with E-state index in [0.717, 1.165) is 55.1 Å². The van der Waals surface area contributed by atoms with Gasteiger partial charge in [-0.1, -0.05) is 18.2 Å². The summed E-state index contributed by atoms with van der Waals surface area (Å²) in [4.78, 5) is 31.0. The van der Waals surface area contributed by atoms with Crippen molar-refractivity contribution in [2.24, 2.45) is 0 Å². The zero-order valence-corrected chi connectivity index (χ0v) is 18.9. The van der Waals surface area contributed by atoms with Gasteiger partial charge in [-0.2, -0.15) is 0 Å². The number of anilines is 1. The van der Waals surface area contributed by atoms with Crippen LogP contribution in [0.5, 0.6) is 0 Å². The predicted molar refractivity (Wildman–Crippen MR) is 124 cm³/mol. The molecule has 4 heterocycles. The molecule has 0 N–H and O–H groups in total. The van der Waals surface area contributed by atoms with E-state index in [2.05, 4.69) is 16.0 Å². The van der Waals surface area contributed by atoms with Gasteiger partial charge in [-0.25, -0.2) is 14.4 Å². The van der Waals surface area contributed by atoms with E-state index in [1.54, 1.807) is 17.2 Å². The fourth-order valence-electron chi connectivity index (χ4n) is 4.87. The van der Waals surface area contributed by atoms with Crippen LogP contribution in [0.25, 0.3) is 0 Å². The van der Waals surface area contributed by atoms with Crippen LogP contribution in [0.1, 0.15) is 53.4 Å². The molecule has 1 saturated heterocycles. The van der Waals surface area contributed by atoms with Gasteiger partial charge in [0.05, 0.1) is 6.54 Å². The van der Waals surface area contributed by atoms with Crippen molar-refractivity contribution in [3.05, 3.63) is 82.8 Å². The van der Waals surface area contributed by atoms with Crippen LogP contribution in [0, 0.1) is 12.7 Å². The second-order valence-corrected chi connectivity index (χ2v) is 8.99. The molecule has 2 aromatic heterocycles. The maximum Gasteiger partial charge on any atom is 0.228 e. The Balaban J connectivity index is 1.34. The first-order valence-electron chi connectivity index (χ1n) is 11.6. The number of rotatable bonds is 5. The van der Waals surface area contributed by atoms with E-state index < -0.39 is 0 Å². The molecule has 0 saturated carbocycles. The van der Waals surface area contributed by atoms with Gasteiger partial charge in [0.15, 0.2) is 0 Å². The zero-order valence-electron chi connectivity index (χ0n) is 18.9. The van der Waals surface area contributed by atoms with E-state index in [0.29, 0.717) is 25.2 Å². The van der Waals surface area contributed by atoms with Gasteiger partial charge in [-0.15, -0.1) is 0 Å². The summed E-state index contributed by atoms with van der Waals surface area (Å²) in [6.45, 7) is 5.19. The number of carbonyl (C=O) groups is 1. The first-order chi connectivity index (χ1) is 16.1. The summed E-state index contributed by atoms with van der Waals surface area (Å²) in [5.41, 5.74) is 3.97. The van der Waals surface area contributed by atoms with E-state index in [4.69, 9.17) is 9.97 Å².